The van der Waals surface area contributed by atoms with Crippen LogP contribution in [0.25, 0.3) is 0 Å². The molecular formula is C11H17NO2S2. The average Bonchev–Trinajstić information content (AvgIpc) is 2.68. The third-order valence-electron chi connectivity index (χ3n) is 3.21. The summed E-state index contributed by atoms with van der Waals surface area (Å²) in [5, 5.41) is 0. The Hall–Kier alpha value is -0.390. The molecule has 1 aromatic heterocycles. The van der Waals surface area contributed by atoms with E-state index >= 15 is 0 Å². The van der Waals surface area contributed by atoms with Crippen LogP contribution in [0, 0.1) is 19.8 Å². The number of hydrogen-bond acceptors (Lipinski definition) is 4. The van der Waals surface area contributed by atoms with Gasteiger partial charge in [0, 0.05) is 15.8 Å². The molecule has 1 aromatic rings. The Morgan fingerprint density at radius 3 is 2.62 bits per heavy atom. The van der Waals surface area contributed by atoms with Gasteiger partial charge in [-0.05, 0) is 37.8 Å². The molecule has 1 fully saturated rings. The molecule has 0 amide bonds. The number of thiophene rings is 1. The summed E-state index contributed by atoms with van der Waals surface area (Å²) < 4.78 is 22.8. The molecular weight excluding hydrogens is 242 g/mol. The predicted molar refractivity (Wildman–Crippen MR) is 67.5 cm³/mol. The fourth-order valence-corrected chi connectivity index (χ4v) is 5.18. The Kier molecular flexibility index (Phi) is 3.11. The van der Waals surface area contributed by atoms with Gasteiger partial charge < -0.3 is 5.73 Å². The third-order valence-corrected chi connectivity index (χ3v) is 5.99. The van der Waals surface area contributed by atoms with Crippen molar-refractivity contribution in [2.75, 3.05) is 11.5 Å². The SMILES string of the molecule is Cc1cc(C(N)C2CCS(=O)(=O)C2)c(C)s1. The third kappa shape index (κ3) is 2.31. The molecule has 90 valence electrons. The number of aryl methyl sites for hydroxylation is 2. The van der Waals surface area contributed by atoms with Crippen molar-refractivity contribution in [3.05, 3.63) is 21.4 Å². The minimum atomic E-state index is -2.83. The summed E-state index contributed by atoms with van der Waals surface area (Å²) in [6.07, 6.45) is 0.706. The largest absolute Gasteiger partial charge is 0.324 e. The van der Waals surface area contributed by atoms with Gasteiger partial charge in [-0.25, -0.2) is 8.42 Å². The highest BCUT2D eigenvalue weighted by molar-refractivity contribution is 7.91. The van der Waals surface area contributed by atoms with Crippen LogP contribution in [0.2, 0.25) is 0 Å². The van der Waals surface area contributed by atoms with E-state index in [0.717, 1.165) is 5.56 Å². The predicted octanol–water partition coefficient (Wildman–Crippen LogP) is 1.80. The van der Waals surface area contributed by atoms with E-state index in [1.165, 1.54) is 9.75 Å². The molecule has 2 heterocycles. The highest BCUT2D eigenvalue weighted by Gasteiger charge is 2.33. The highest BCUT2D eigenvalue weighted by Crippen LogP contribution is 2.34. The number of nitrogens with two attached hydrogens (primary N) is 1. The summed E-state index contributed by atoms with van der Waals surface area (Å²) in [5.74, 6) is 0.647. The van der Waals surface area contributed by atoms with Gasteiger partial charge in [0.05, 0.1) is 11.5 Å². The summed E-state index contributed by atoms with van der Waals surface area (Å²) in [5.41, 5.74) is 7.31. The molecule has 1 saturated heterocycles. The van der Waals surface area contributed by atoms with Crippen LogP contribution in [0.3, 0.4) is 0 Å². The molecule has 3 nitrogen and oxygen atoms in total. The van der Waals surface area contributed by atoms with Crippen molar-refractivity contribution in [2.24, 2.45) is 11.7 Å². The summed E-state index contributed by atoms with van der Waals surface area (Å²) in [6.45, 7) is 4.11. The number of rotatable bonds is 2. The zero-order valence-corrected chi connectivity index (χ0v) is 11.2. The molecule has 0 aliphatic carbocycles. The maximum Gasteiger partial charge on any atom is 0.150 e. The second-order valence-electron chi connectivity index (χ2n) is 4.56. The highest BCUT2D eigenvalue weighted by atomic mass is 32.2. The lowest BCUT2D eigenvalue weighted by Crippen LogP contribution is -2.22. The molecule has 1 aliphatic rings. The van der Waals surface area contributed by atoms with E-state index in [4.69, 9.17) is 5.73 Å². The Labute approximate surface area is 101 Å². The first kappa shape index (κ1) is 12.1. The molecule has 2 rings (SSSR count). The first-order valence-corrected chi connectivity index (χ1v) is 8.06. The molecule has 0 saturated carbocycles. The first-order valence-electron chi connectivity index (χ1n) is 5.42. The van der Waals surface area contributed by atoms with Crippen molar-refractivity contribution in [3.63, 3.8) is 0 Å². The van der Waals surface area contributed by atoms with Crippen LogP contribution >= 0.6 is 11.3 Å². The molecule has 0 spiro atoms. The van der Waals surface area contributed by atoms with E-state index in [1.54, 1.807) is 11.3 Å². The zero-order valence-electron chi connectivity index (χ0n) is 9.56. The van der Waals surface area contributed by atoms with Gasteiger partial charge in [0.25, 0.3) is 0 Å². The Morgan fingerprint density at radius 2 is 2.19 bits per heavy atom. The summed E-state index contributed by atoms with van der Waals surface area (Å²) in [4.78, 5) is 2.46. The normalized spacial score (nSPS) is 25.8. The molecule has 16 heavy (non-hydrogen) atoms. The van der Waals surface area contributed by atoms with Crippen LogP contribution in [0.1, 0.15) is 27.8 Å². The Bertz CT molecular complexity index is 490. The maximum atomic E-state index is 11.4. The standard InChI is InChI=1S/C11H17NO2S2/c1-7-5-10(8(2)15-7)11(12)9-3-4-16(13,14)6-9/h5,9,11H,3-4,6,12H2,1-2H3. The summed E-state index contributed by atoms with van der Waals surface area (Å²) in [6, 6.07) is 1.97. The van der Waals surface area contributed by atoms with E-state index in [1.807, 2.05) is 0 Å². The molecule has 1 aliphatic heterocycles. The van der Waals surface area contributed by atoms with E-state index in [0.29, 0.717) is 12.2 Å². The Morgan fingerprint density at radius 1 is 1.50 bits per heavy atom. The zero-order chi connectivity index (χ0) is 11.9. The van der Waals surface area contributed by atoms with E-state index in [2.05, 4.69) is 19.9 Å². The molecule has 0 bridgehead atoms. The van der Waals surface area contributed by atoms with Crippen molar-refractivity contribution in [1.29, 1.82) is 0 Å². The van der Waals surface area contributed by atoms with Gasteiger partial charge in [-0.1, -0.05) is 0 Å². The van der Waals surface area contributed by atoms with Gasteiger partial charge in [0.2, 0.25) is 0 Å². The van der Waals surface area contributed by atoms with Crippen molar-refractivity contribution < 1.29 is 8.42 Å². The smallest absolute Gasteiger partial charge is 0.150 e. The first-order chi connectivity index (χ1) is 7.39. The minimum absolute atomic E-state index is 0.0951. The molecule has 0 aromatic carbocycles. The van der Waals surface area contributed by atoms with Gasteiger partial charge in [-0.15, -0.1) is 11.3 Å². The van der Waals surface area contributed by atoms with Crippen molar-refractivity contribution >= 4 is 21.2 Å². The van der Waals surface area contributed by atoms with Gasteiger partial charge in [-0.3, -0.25) is 0 Å². The van der Waals surface area contributed by atoms with Crippen LogP contribution in [-0.4, -0.2) is 19.9 Å². The van der Waals surface area contributed by atoms with E-state index < -0.39 is 9.84 Å². The van der Waals surface area contributed by atoms with Gasteiger partial charge >= 0.3 is 0 Å². The van der Waals surface area contributed by atoms with Gasteiger partial charge in [0.15, 0.2) is 9.84 Å². The lowest BCUT2D eigenvalue weighted by Gasteiger charge is -2.17. The topological polar surface area (TPSA) is 60.2 Å². The molecule has 2 N–H and O–H groups in total. The molecule has 2 atom stereocenters. The van der Waals surface area contributed by atoms with Crippen molar-refractivity contribution in [2.45, 2.75) is 26.3 Å². The second kappa shape index (κ2) is 4.13. The van der Waals surface area contributed by atoms with Crippen LogP contribution in [0.4, 0.5) is 0 Å². The summed E-state index contributed by atoms with van der Waals surface area (Å²) in [7, 11) is -2.83. The second-order valence-corrected chi connectivity index (χ2v) is 8.25. The number of sulfone groups is 1. The lowest BCUT2D eigenvalue weighted by atomic mass is 9.94. The van der Waals surface area contributed by atoms with E-state index in [9.17, 15) is 8.42 Å². The summed E-state index contributed by atoms with van der Waals surface area (Å²) >= 11 is 1.73. The molecule has 0 radical (unpaired) electrons. The van der Waals surface area contributed by atoms with Crippen LogP contribution in [0.15, 0.2) is 6.07 Å². The van der Waals surface area contributed by atoms with Crippen molar-refractivity contribution in [1.82, 2.24) is 0 Å². The lowest BCUT2D eigenvalue weighted by molar-refractivity contribution is 0.479. The van der Waals surface area contributed by atoms with Gasteiger partial charge in [0.1, 0.15) is 0 Å². The van der Waals surface area contributed by atoms with Crippen LogP contribution < -0.4 is 5.73 Å². The quantitative estimate of drug-likeness (QED) is 0.881. The fraction of sp³-hybridized carbons (Fsp3) is 0.636. The van der Waals surface area contributed by atoms with Gasteiger partial charge in [-0.2, -0.15) is 0 Å². The minimum Gasteiger partial charge on any atom is -0.324 e. The molecule has 5 heteroatoms. The van der Waals surface area contributed by atoms with Crippen LogP contribution in [-0.2, 0) is 9.84 Å². The fourth-order valence-electron chi connectivity index (χ4n) is 2.34. The van der Waals surface area contributed by atoms with Crippen LogP contribution in [0.5, 0.6) is 0 Å². The number of hydrogen-bond donors (Lipinski definition) is 1. The molecule has 2 unspecified atom stereocenters. The van der Waals surface area contributed by atoms with E-state index in [-0.39, 0.29) is 17.7 Å². The monoisotopic (exact) mass is 259 g/mol. The van der Waals surface area contributed by atoms with Crippen molar-refractivity contribution in [3.8, 4) is 0 Å². The average molecular weight is 259 g/mol. The Balaban J connectivity index is 2.20. The maximum absolute atomic E-state index is 11.4.